The Bertz CT molecular complexity index is 1410. The van der Waals surface area contributed by atoms with E-state index in [9.17, 15) is 22.4 Å². The first kappa shape index (κ1) is 30.1. The van der Waals surface area contributed by atoms with E-state index in [4.69, 9.17) is 11.6 Å². The predicted octanol–water partition coefficient (Wildman–Crippen LogP) is 5.31. The van der Waals surface area contributed by atoms with E-state index in [2.05, 4.69) is 5.32 Å². The molecule has 3 aromatic carbocycles. The predicted molar refractivity (Wildman–Crippen MR) is 151 cm³/mol. The molecule has 0 fully saturated rings. The van der Waals surface area contributed by atoms with Gasteiger partial charge in [-0.05, 0) is 63.1 Å². The number of nitrogens with one attached hydrogen (secondary N) is 1. The maximum atomic E-state index is 15.0. The number of hydrogen-bond donors (Lipinski definition) is 1. The zero-order valence-electron chi connectivity index (χ0n) is 22.4. The Balaban J connectivity index is 2.09. The van der Waals surface area contributed by atoms with E-state index < -0.39 is 34.3 Å². The summed E-state index contributed by atoms with van der Waals surface area (Å²) in [4.78, 5) is 28.3. The molecule has 1 N–H and O–H groups in total. The van der Waals surface area contributed by atoms with Gasteiger partial charge in [-0.25, -0.2) is 12.8 Å². The Hall–Kier alpha value is -3.43. The molecule has 7 nitrogen and oxygen atoms in total. The minimum atomic E-state index is -4.36. The molecule has 0 radical (unpaired) electrons. The fourth-order valence-electron chi connectivity index (χ4n) is 4.12. The van der Waals surface area contributed by atoms with Crippen LogP contribution in [0.3, 0.4) is 0 Å². The Morgan fingerprint density at radius 1 is 0.974 bits per heavy atom. The molecule has 0 unspecified atom stereocenters. The Morgan fingerprint density at radius 2 is 1.59 bits per heavy atom. The van der Waals surface area contributed by atoms with Crippen LogP contribution in [0.15, 0.2) is 77.7 Å². The van der Waals surface area contributed by atoms with Gasteiger partial charge in [0.1, 0.15) is 18.4 Å². The van der Waals surface area contributed by atoms with Gasteiger partial charge in [-0.1, -0.05) is 66.6 Å². The van der Waals surface area contributed by atoms with Crippen LogP contribution in [0.4, 0.5) is 10.1 Å². The molecule has 0 aliphatic heterocycles. The van der Waals surface area contributed by atoms with Crippen molar-refractivity contribution in [2.75, 3.05) is 10.8 Å². The minimum absolute atomic E-state index is 0.0434. The van der Waals surface area contributed by atoms with E-state index in [1.807, 2.05) is 6.92 Å². The van der Waals surface area contributed by atoms with Crippen LogP contribution in [0.25, 0.3) is 0 Å². The minimum Gasteiger partial charge on any atom is -0.352 e. The monoisotopic (exact) mass is 573 g/mol. The van der Waals surface area contributed by atoms with E-state index in [1.165, 1.54) is 35.2 Å². The van der Waals surface area contributed by atoms with Crippen molar-refractivity contribution in [3.05, 3.63) is 94.8 Å². The smallest absolute Gasteiger partial charge is 0.264 e. The molecule has 0 aliphatic rings. The fraction of sp³-hybridized carbons (Fsp3) is 0.310. The normalized spacial score (nSPS) is 12.2. The molecule has 0 bridgehead atoms. The molecule has 10 heteroatoms. The van der Waals surface area contributed by atoms with Gasteiger partial charge in [-0.3, -0.25) is 13.9 Å². The molecule has 1 atom stereocenters. The zero-order chi connectivity index (χ0) is 28.7. The summed E-state index contributed by atoms with van der Waals surface area (Å²) in [5, 5.41) is 3.22. The summed E-state index contributed by atoms with van der Waals surface area (Å²) >= 11 is 6.38. The van der Waals surface area contributed by atoms with Gasteiger partial charge < -0.3 is 10.2 Å². The SMILES string of the molecule is CC[C@H](C(=O)NC(C)C)N(Cc1ccccc1Cl)C(=O)CN(c1ccccc1F)S(=O)(=O)c1ccc(C)cc1. The van der Waals surface area contributed by atoms with Crippen LogP contribution in [0.5, 0.6) is 0 Å². The fourth-order valence-corrected chi connectivity index (χ4v) is 5.73. The quantitative estimate of drug-likeness (QED) is 0.337. The standard InChI is InChI=1S/C29H33ClFN3O4S/c1-5-26(29(36)32-20(2)3)33(18-22-10-6-7-11-24(22)30)28(35)19-34(27-13-9-8-12-25(27)31)39(37,38)23-16-14-21(4)15-17-23/h6-17,20,26H,5,18-19H2,1-4H3,(H,32,36)/t26-/m1/s1. The van der Waals surface area contributed by atoms with E-state index in [0.29, 0.717) is 10.6 Å². The number of sulfonamides is 1. The number of hydrogen-bond acceptors (Lipinski definition) is 4. The summed E-state index contributed by atoms with van der Waals surface area (Å²) in [5.41, 5.74) is 1.15. The largest absolute Gasteiger partial charge is 0.352 e. The number of carbonyl (C=O) groups is 2. The molecule has 0 saturated heterocycles. The van der Waals surface area contributed by atoms with Gasteiger partial charge in [0.25, 0.3) is 10.0 Å². The third kappa shape index (κ3) is 7.36. The van der Waals surface area contributed by atoms with Crippen LogP contribution in [0.1, 0.15) is 38.3 Å². The van der Waals surface area contributed by atoms with Crippen LogP contribution in [0.2, 0.25) is 5.02 Å². The molecule has 0 saturated carbocycles. The molecule has 2 amide bonds. The van der Waals surface area contributed by atoms with Crippen LogP contribution in [-0.2, 0) is 26.2 Å². The lowest BCUT2D eigenvalue weighted by Gasteiger charge is -2.33. The summed E-state index contributed by atoms with van der Waals surface area (Å²) < 4.78 is 43.3. The van der Waals surface area contributed by atoms with Crippen molar-refractivity contribution in [1.29, 1.82) is 0 Å². The maximum absolute atomic E-state index is 15.0. The van der Waals surface area contributed by atoms with Crippen molar-refractivity contribution in [3.8, 4) is 0 Å². The third-order valence-electron chi connectivity index (χ3n) is 6.12. The van der Waals surface area contributed by atoms with Gasteiger partial charge in [0.05, 0.1) is 10.6 Å². The summed E-state index contributed by atoms with van der Waals surface area (Å²) in [6, 6.07) is 17.2. The molecule has 0 aliphatic carbocycles. The van der Waals surface area contributed by atoms with E-state index in [1.54, 1.807) is 57.2 Å². The molecule has 0 spiro atoms. The maximum Gasteiger partial charge on any atom is 0.264 e. The number of aryl methyl sites for hydroxylation is 1. The van der Waals surface area contributed by atoms with Gasteiger partial charge in [0.2, 0.25) is 11.8 Å². The highest BCUT2D eigenvalue weighted by molar-refractivity contribution is 7.92. The number of anilines is 1. The molecule has 0 aromatic heterocycles. The first-order valence-electron chi connectivity index (χ1n) is 12.6. The third-order valence-corrected chi connectivity index (χ3v) is 8.27. The van der Waals surface area contributed by atoms with Gasteiger partial charge >= 0.3 is 0 Å². The topological polar surface area (TPSA) is 86.8 Å². The van der Waals surface area contributed by atoms with Gasteiger partial charge in [0.15, 0.2) is 0 Å². The highest BCUT2D eigenvalue weighted by Crippen LogP contribution is 2.28. The van der Waals surface area contributed by atoms with Crippen LogP contribution < -0.4 is 9.62 Å². The number of nitrogens with zero attached hydrogens (tertiary/aromatic N) is 2. The second kappa shape index (κ2) is 13.1. The van der Waals surface area contributed by atoms with Crippen molar-refractivity contribution < 1.29 is 22.4 Å². The Kier molecular flexibility index (Phi) is 10.1. The first-order valence-corrected chi connectivity index (χ1v) is 14.4. The highest BCUT2D eigenvalue weighted by atomic mass is 35.5. The molecule has 0 heterocycles. The highest BCUT2D eigenvalue weighted by Gasteiger charge is 2.34. The van der Waals surface area contributed by atoms with Crippen molar-refractivity contribution in [1.82, 2.24) is 10.2 Å². The van der Waals surface area contributed by atoms with E-state index >= 15 is 0 Å². The molecular weight excluding hydrogens is 541 g/mol. The van der Waals surface area contributed by atoms with Gasteiger partial charge in [0, 0.05) is 17.6 Å². The molecule has 3 rings (SSSR count). The molecule has 39 heavy (non-hydrogen) atoms. The molecule has 3 aromatic rings. The van der Waals surface area contributed by atoms with E-state index in [-0.39, 0.29) is 35.5 Å². The molecule has 208 valence electrons. The van der Waals surface area contributed by atoms with Crippen molar-refractivity contribution in [2.24, 2.45) is 0 Å². The summed E-state index contributed by atoms with van der Waals surface area (Å²) in [6.45, 7) is 6.41. The van der Waals surface area contributed by atoms with Crippen LogP contribution in [0, 0.1) is 12.7 Å². The second-order valence-corrected chi connectivity index (χ2v) is 11.7. The van der Waals surface area contributed by atoms with Gasteiger partial charge in [-0.15, -0.1) is 0 Å². The van der Waals surface area contributed by atoms with Crippen molar-refractivity contribution >= 4 is 39.1 Å². The first-order chi connectivity index (χ1) is 18.4. The number of carbonyl (C=O) groups excluding carboxylic acids is 2. The van der Waals surface area contributed by atoms with Crippen molar-refractivity contribution in [3.63, 3.8) is 0 Å². The average Bonchev–Trinajstić information content (AvgIpc) is 2.88. The van der Waals surface area contributed by atoms with Crippen molar-refractivity contribution in [2.45, 2.75) is 57.6 Å². The number of rotatable bonds is 11. The Morgan fingerprint density at radius 3 is 2.18 bits per heavy atom. The summed E-state index contributed by atoms with van der Waals surface area (Å²) in [7, 11) is -4.36. The zero-order valence-corrected chi connectivity index (χ0v) is 24.0. The lowest BCUT2D eigenvalue weighted by molar-refractivity contribution is -0.140. The van der Waals surface area contributed by atoms with Gasteiger partial charge in [-0.2, -0.15) is 0 Å². The lowest BCUT2D eigenvalue weighted by Crippen LogP contribution is -2.53. The average molecular weight is 574 g/mol. The van der Waals surface area contributed by atoms with E-state index in [0.717, 1.165) is 15.9 Å². The van der Waals surface area contributed by atoms with Crippen LogP contribution >= 0.6 is 11.6 Å². The lowest BCUT2D eigenvalue weighted by atomic mass is 10.1. The second-order valence-electron chi connectivity index (χ2n) is 9.48. The number of amides is 2. The number of benzene rings is 3. The summed E-state index contributed by atoms with van der Waals surface area (Å²) in [5.74, 6) is -1.87. The number of para-hydroxylation sites is 1. The number of halogens is 2. The summed E-state index contributed by atoms with van der Waals surface area (Å²) in [6.07, 6.45) is 0.263. The Labute approximate surface area is 234 Å². The van der Waals surface area contributed by atoms with Crippen LogP contribution in [-0.4, -0.2) is 43.8 Å². The molecular formula is C29H33ClFN3O4S.